The summed E-state index contributed by atoms with van der Waals surface area (Å²) in [6, 6.07) is 5.89. The van der Waals surface area contributed by atoms with E-state index in [4.69, 9.17) is 13.7 Å². The van der Waals surface area contributed by atoms with E-state index in [1.165, 1.54) is 24.5 Å². The minimum atomic E-state index is -3.01. The topological polar surface area (TPSA) is 95.5 Å². The zero-order valence-corrected chi connectivity index (χ0v) is 15.0. The van der Waals surface area contributed by atoms with Gasteiger partial charge >= 0.3 is 6.61 Å². The van der Waals surface area contributed by atoms with E-state index in [2.05, 4.69) is 25.2 Å². The second kappa shape index (κ2) is 9.65. The van der Waals surface area contributed by atoms with Gasteiger partial charge in [0, 0.05) is 23.4 Å². The van der Waals surface area contributed by atoms with Gasteiger partial charge in [-0.15, -0.1) is 0 Å². The lowest BCUT2D eigenvalue weighted by molar-refractivity contribution is -0.0528. The molecule has 0 fully saturated rings. The van der Waals surface area contributed by atoms with Crippen LogP contribution in [0.2, 0.25) is 0 Å². The fourth-order valence-electron chi connectivity index (χ4n) is 2.26. The summed E-state index contributed by atoms with van der Waals surface area (Å²) in [4.78, 5) is 29.0. The summed E-state index contributed by atoms with van der Waals surface area (Å²) >= 11 is 0. The number of methoxy groups -OCH3 is 1. The smallest absolute Gasteiger partial charge is 0.388 e. The quantitative estimate of drug-likeness (QED) is 0.556. The van der Waals surface area contributed by atoms with E-state index in [0.717, 1.165) is 24.4 Å². The van der Waals surface area contributed by atoms with Crippen LogP contribution in [0.4, 0.5) is 13.2 Å². The molecule has 0 saturated heterocycles. The number of halogens is 3. The summed E-state index contributed by atoms with van der Waals surface area (Å²) in [6.45, 7) is -3.45. The average Bonchev–Trinajstić information content (AvgIpc) is 2.75. The number of rotatable bonds is 8. The molecule has 1 aromatic carbocycles. The van der Waals surface area contributed by atoms with E-state index >= 15 is 0 Å². The fraction of sp³-hybridized carbons (Fsp3) is 0.158. The summed E-state index contributed by atoms with van der Waals surface area (Å²) in [5.41, 5.74) is 2.46. The Morgan fingerprint density at radius 2 is 2.10 bits per heavy atom. The highest BCUT2D eigenvalue weighted by Crippen LogP contribution is 2.19. The van der Waals surface area contributed by atoms with Crippen LogP contribution < -0.4 is 15.0 Å². The van der Waals surface area contributed by atoms with Crippen LogP contribution >= 0.6 is 0 Å². The first kappa shape index (κ1) is 17.2. The first-order chi connectivity index (χ1) is 15.6. The van der Waals surface area contributed by atoms with Gasteiger partial charge in [-0.05, 0) is 24.3 Å². The van der Waals surface area contributed by atoms with Crippen LogP contribution in [0.5, 0.6) is 11.6 Å². The molecule has 0 aliphatic heterocycles. The molecule has 0 spiro atoms. The maximum Gasteiger partial charge on any atom is 0.388 e. The van der Waals surface area contributed by atoms with Crippen molar-refractivity contribution in [3.63, 3.8) is 0 Å². The van der Waals surface area contributed by atoms with Gasteiger partial charge in [0.1, 0.15) is 23.9 Å². The molecule has 2 aromatic heterocycles. The third-order valence-corrected chi connectivity index (χ3v) is 3.64. The number of nitrogens with one attached hydrogen (secondary N) is 1. The number of carbonyl (C=O) groups excluding carboxylic acids is 1. The maximum absolute atomic E-state index is 13.9. The van der Waals surface area contributed by atoms with Crippen LogP contribution in [0.15, 0.2) is 48.9 Å². The van der Waals surface area contributed by atoms with Gasteiger partial charge in [-0.25, -0.2) is 19.8 Å². The van der Waals surface area contributed by atoms with E-state index in [0.29, 0.717) is 5.56 Å². The molecule has 0 aliphatic rings. The number of hydrogen-bond donors (Lipinski definition) is 1. The van der Waals surface area contributed by atoms with Crippen LogP contribution in [-0.4, -0.2) is 34.5 Å². The molecule has 0 bridgehead atoms. The predicted octanol–water partition coefficient (Wildman–Crippen LogP) is 3.15. The molecule has 30 heavy (non-hydrogen) atoms. The van der Waals surface area contributed by atoms with Gasteiger partial charge in [0.05, 0.1) is 29.2 Å². The van der Waals surface area contributed by atoms with Crippen molar-refractivity contribution in [1.29, 1.82) is 0 Å². The van der Waals surface area contributed by atoms with Gasteiger partial charge in [0.2, 0.25) is 5.88 Å². The van der Waals surface area contributed by atoms with Gasteiger partial charge in [-0.2, -0.15) is 8.78 Å². The summed E-state index contributed by atoms with van der Waals surface area (Å²) in [5.74, 6) is -1.89. The summed E-state index contributed by atoms with van der Waals surface area (Å²) in [5, 5.41) is 0. The van der Waals surface area contributed by atoms with Gasteiger partial charge in [-0.1, -0.05) is 0 Å². The molecular formula is C19H15F3N4O4. The number of pyridine rings is 1. The van der Waals surface area contributed by atoms with E-state index in [-0.39, 0.29) is 28.6 Å². The standard InChI is InChI=1S/C19H15F3N4O4/c1-28-13-3-4-14(20)12(6-13)10-29-26-18(27)16-9-23-8-15(25-16)11-2-5-17(24-7-11)30-19(21)22/h2-9,19H,10H2,1H3,(H,26,27)/i1D3. The number of carbonyl (C=O) groups is 1. The third-order valence-electron chi connectivity index (χ3n) is 3.64. The molecule has 0 atom stereocenters. The molecule has 0 aliphatic carbocycles. The average molecular weight is 423 g/mol. The minimum absolute atomic E-state index is 0.0611. The number of nitrogens with zero attached hydrogens (tertiary/aromatic N) is 3. The van der Waals surface area contributed by atoms with E-state index in [1.807, 2.05) is 0 Å². The molecule has 0 unspecified atom stereocenters. The summed E-state index contributed by atoms with van der Waals surface area (Å²) in [6.07, 6.45) is 3.69. The molecule has 2 heterocycles. The van der Waals surface area contributed by atoms with Crippen LogP contribution in [0.3, 0.4) is 0 Å². The van der Waals surface area contributed by atoms with Gasteiger partial charge < -0.3 is 9.47 Å². The number of amides is 1. The first-order valence-electron chi connectivity index (χ1n) is 9.73. The summed E-state index contributed by atoms with van der Waals surface area (Å²) in [7, 11) is -2.71. The highest BCUT2D eigenvalue weighted by atomic mass is 19.3. The molecule has 1 amide bonds. The number of hydrogen-bond acceptors (Lipinski definition) is 7. The number of benzene rings is 1. The van der Waals surface area contributed by atoms with Crippen molar-refractivity contribution in [3.05, 3.63) is 66.0 Å². The normalized spacial score (nSPS) is 12.6. The van der Waals surface area contributed by atoms with Crippen molar-refractivity contribution >= 4 is 5.91 Å². The molecule has 156 valence electrons. The third kappa shape index (κ3) is 5.41. The fourth-order valence-corrected chi connectivity index (χ4v) is 2.26. The van der Waals surface area contributed by atoms with Crippen molar-refractivity contribution in [1.82, 2.24) is 20.4 Å². The molecule has 0 saturated carbocycles. The Kier molecular flexibility index (Phi) is 5.52. The van der Waals surface area contributed by atoms with Crippen molar-refractivity contribution in [2.24, 2.45) is 0 Å². The van der Waals surface area contributed by atoms with Gasteiger partial charge in [0.25, 0.3) is 5.91 Å². The molecule has 3 aromatic rings. The lowest BCUT2D eigenvalue weighted by Gasteiger charge is -2.09. The van der Waals surface area contributed by atoms with Crippen LogP contribution in [0, 0.1) is 5.82 Å². The second-order valence-corrected chi connectivity index (χ2v) is 5.63. The van der Waals surface area contributed by atoms with Crippen molar-refractivity contribution in [2.45, 2.75) is 13.2 Å². The molecule has 3 rings (SSSR count). The molecule has 1 N–H and O–H groups in total. The van der Waals surface area contributed by atoms with Gasteiger partial charge in [-0.3, -0.25) is 14.6 Å². The Morgan fingerprint density at radius 3 is 2.83 bits per heavy atom. The minimum Gasteiger partial charge on any atom is -0.497 e. The zero-order chi connectivity index (χ0) is 24.0. The molecular weight excluding hydrogens is 405 g/mol. The number of ether oxygens (including phenoxy) is 2. The highest BCUT2D eigenvalue weighted by molar-refractivity contribution is 5.91. The Morgan fingerprint density at radius 1 is 1.23 bits per heavy atom. The van der Waals surface area contributed by atoms with Crippen LogP contribution in [-0.2, 0) is 11.4 Å². The Balaban J connectivity index is 1.62. The largest absolute Gasteiger partial charge is 0.497 e. The highest BCUT2D eigenvalue weighted by Gasteiger charge is 2.12. The Labute approximate surface area is 172 Å². The lowest BCUT2D eigenvalue weighted by atomic mass is 10.2. The molecule has 11 heteroatoms. The van der Waals surface area contributed by atoms with Crippen LogP contribution in [0.1, 0.15) is 20.2 Å². The maximum atomic E-state index is 13.9. The van der Waals surface area contributed by atoms with E-state index in [9.17, 15) is 18.0 Å². The van der Waals surface area contributed by atoms with Gasteiger partial charge in [0.15, 0.2) is 0 Å². The van der Waals surface area contributed by atoms with Crippen molar-refractivity contribution < 1.29 is 36.4 Å². The van der Waals surface area contributed by atoms with E-state index < -0.39 is 32.0 Å². The van der Waals surface area contributed by atoms with E-state index in [1.54, 1.807) is 0 Å². The van der Waals surface area contributed by atoms with Crippen LogP contribution in [0.25, 0.3) is 11.3 Å². The van der Waals surface area contributed by atoms with Crippen molar-refractivity contribution in [2.75, 3.05) is 7.04 Å². The lowest BCUT2D eigenvalue weighted by Crippen LogP contribution is -2.25. The zero-order valence-electron chi connectivity index (χ0n) is 18.0. The first-order valence-corrected chi connectivity index (χ1v) is 8.23. The SMILES string of the molecule is [2H]C([2H])([2H])Oc1ccc(F)c(CONC(=O)c2cncc(-c3ccc(OC(F)F)nc3)n2)c1. The predicted molar refractivity (Wildman–Crippen MR) is 97.1 cm³/mol. The summed E-state index contributed by atoms with van der Waals surface area (Å²) < 4.78 is 68.4. The Hall–Kier alpha value is -3.73. The molecule has 8 nitrogen and oxygen atoms in total. The Bertz CT molecular complexity index is 1120. The molecule has 0 radical (unpaired) electrons. The second-order valence-electron chi connectivity index (χ2n) is 5.63. The number of hydroxylamine groups is 1. The van der Waals surface area contributed by atoms with Crippen molar-refractivity contribution in [3.8, 4) is 22.9 Å². The number of aromatic nitrogens is 3. The number of alkyl halides is 2. The monoisotopic (exact) mass is 423 g/mol.